The molecule has 0 saturated heterocycles. The lowest BCUT2D eigenvalue weighted by atomic mass is 10.2. The van der Waals surface area contributed by atoms with E-state index in [1.165, 1.54) is 12.1 Å². The lowest BCUT2D eigenvalue weighted by Gasteiger charge is -2.06. The van der Waals surface area contributed by atoms with Gasteiger partial charge in [-0.05, 0) is 29.8 Å². The van der Waals surface area contributed by atoms with Gasteiger partial charge in [0.15, 0.2) is 0 Å². The maximum absolute atomic E-state index is 13.4. The van der Waals surface area contributed by atoms with Crippen molar-refractivity contribution in [2.24, 2.45) is 0 Å². The van der Waals surface area contributed by atoms with Crippen LogP contribution in [0, 0.1) is 17.7 Å². The summed E-state index contributed by atoms with van der Waals surface area (Å²) in [6.07, 6.45) is 3.34. The number of pyridine rings is 1. The first-order chi connectivity index (χ1) is 9.28. The van der Waals surface area contributed by atoms with E-state index in [9.17, 15) is 4.39 Å². The topological polar surface area (TPSA) is 42.4 Å². The predicted octanol–water partition coefficient (Wildman–Crippen LogP) is 2.14. The molecule has 0 aliphatic rings. The number of aromatic nitrogens is 1. The Bertz CT molecular complexity index is 603. The number of benzene rings is 1. The number of hydrogen-bond acceptors (Lipinski definition) is 3. The Balaban J connectivity index is 2.10. The van der Waals surface area contributed by atoms with Gasteiger partial charge in [-0.1, -0.05) is 11.8 Å². The third kappa shape index (κ3) is 4.09. The van der Waals surface area contributed by atoms with Gasteiger partial charge in [0.1, 0.15) is 24.8 Å². The van der Waals surface area contributed by atoms with Crippen molar-refractivity contribution in [2.45, 2.75) is 6.61 Å². The van der Waals surface area contributed by atoms with Crippen molar-refractivity contribution < 1.29 is 14.2 Å². The maximum atomic E-state index is 13.4. The van der Waals surface area contributed by atoms with Crippen LogP contribution in [0.15, 0.2) is 42.7 Å². The van der Waals surface area contributed by atoms with Crippen molar-refractivity contribution in [1.82, 2.24) is 4.98 Å². The number of rotatable bonds is 3. The van der Waals surface area contributed by atoms with Crippen molar-refractivity contribution in [2.75, 3.05) is 6.61 Å². The minimum atomic E-state index is -0.422. The summed E-state index contributed by atoms with van der Waals surface area (Å²) in [5.41, 5.74) is 1.42. The van der Waals surface area contributed by atoms with Gasteiger partial charge in [0, 0.05) is 24.0 Å². The normalized spacial score (nSPS) is 9.58. The second-order valence-electron chi connectivity index (χ2n) is 3.78. The Morgan fingerprint density at radius 3 is 2.74 bits per heavy atom. The highest BCUT2D eigenvalue weighted by Crippen LogP contribution is 2.17. The van der Waals surface area contributed by atoms with Gasteiger partial charge in [0.2, 0.25) is 0 Å². The van der Waals surface area contributed by atoms with E-state index in [0.717, 1.165) is 5.56 Å². The van der Waals surface area contributed by atoms with E-state index in [1.54, 1.807) is 18.5 Å². The summed E-state index contributed by atoms with van der Waals surface area (Å²) in [6, 6.07) is 7.87. The quantitative estimate of drug-likeness (QED) is 0.857. The Morgan fingerprint density at radius 2 is 2.00 bits per heavy atom. The van der Waals surface area contributed by atoms with Gasteiger partial charge in [-0.2, -0.15) is 0 Å². The van der Waals surface area contributed by atoms with E-state index in [4.69, 9.17) is 9.84 Å². The van der Waals surface area contributed by atoms with Crippen molar-refractivity contribution in [1.29, 1.82) is 0 Å². The zero-order valence-corrected chi connectivity index (χ0v) is 10.1. The molecule has 0 fully saturated rings. The molecule has 96 valence electrons. The molecule has 0 bridgehead atoms. The summed E-state index contributed by atoms with van der Waals surface area (Å²) in [5, 5.41) is 8.61. The van der Waals surface area contributed by atoms with Crippen LogP contribution < -0.4 is 4.74 Å². The summed E-state index contributed by atoms with van der Waals surface area (Å²) < 4.78 is 18.9. The lowest BCUT2D eigenvalue weighted by molar-refractivity contribution is 0.304. The van der Waals surface area contributed by atoms with E-state index in [1.807, 2.05) is 12.1 Å². The summed E-state index contributed by atoms with van der Waals surface area (Å²) in [4.78, 5) is 3.90. The van der Waals surface area contributed by atoms with Gasteiger partial charge in [-0.15, -0.1) is 0 Å². The van der Waals surface area contributed by atoms with Gasteiger partial charge in [0.05, 0.1) is 0 Å². The average molecular weight is 257 g/mol. The Kier molecular flexibility index (Phi) is 4.49. The SMILES string of the molecule is OCC#Cc1cc(F)cc(OCc2ccncc2)c1. The molecule has 0 aliphatic carbocycles. The molecular weight excluding hydrogens is 245 g/mol. The number of halogens is 1. The van der Waals surface area contributed by atoms with E-state index in [0.29, 0.717) is 17.9 Å². The molecule has 2 rings (SSSR count). The van der Waals surface area contributed by atoms with E-state index < -0.39 is 5.82 Å². The molecule has 0 unspecified atom stereocenters. The number of aliphatic hydroxyl groups is 1. The second-order valence-corrected chi connectivity index (χ2v) is 3.78. The highest BCUT2D eigenvalue weighted by molar-refractivity contribution is 5.40. The molecule has 0 radical (unpaired) electrons. The van der Waals surface area contributed by atoms with Gasteiger partial charge in [-0.25, -0.2) is 4.39 Å². The molecule has 0 spiro atoms. The molecule has 19 heavy (non-hydrogen) atoms. The number of nitrogens with zero attached hydrogens (tertiary/aromatic N) is 1. The third-order valence-corrected chi connectivity index (χ3v) is 2.34. The number of hydrogen-bond donors (Lipinski definition) is 1. The zero-order chi connectivity index (χ0) is 13.5. The third-order valence-electron chi connectivity index (χ3n) is 2.34. The first kappa shape index (κ1) is 13.1. The molecule has 1 N–H and O–H groups in total. The van der Waals surface area contributed by atoms with Crippen LogP contribution in [0.3, 0.4) is 0 Å². The second kappa shape index (κ2) is 6.53. The van der Waals surface area contributed by atoms with Crippen LogP contribution in [0.1, 0.15) is 11.1 Å². The first-order valence-corrected chi connectivity index (χ1v) is 5.70. The molecule has 2 aromatic rings. The maximum Gasteiger partial charge on any atom is 0.128 e. The van der Waals surface area contributed by atoms with Crippen LogP contribution in [-0.2, 0) is 6.61 Å². The number of ether oxygens (including phenoxy) is 1. The monoisotopic (exact) mass is 257 g/mol. The summed E-state index contributed by atoms with van der Waals surface area (Å²) in [5.74, 6) is 5.09. The summed E-state index contributed by atoms with van der Waals surface area (Å²) >= 11 is 0. The molecule has 0 amide bonds. The minimum absolute atomic E-state index is 0.260. The van der Waals surface area contributed by atoms with Crippen LogP contribution in [0.2, 0.25) is 0 Å². The summed E-state index contributed by atoms with van der Waals surface area (Å²) in [7, 11) is 0. The standard InChI is InChI=1S/C15H12FNO2/c16-14-8-13(2-1-7-18)9-15(10-14)19-11-12-3-5-17-6-4-12/h3-6,8-10,18H,7,11H2. The molecular formula is C15H12FNO2. The molecule has 1 aromatic heterocycles. The molecule has 0 aliphatic heterocycles. The van der Waals surface area contributed by atoms with Crippen LogP contribution in [0.4, 0.5) is 4.39 Å². The van der Waals surface area contributed by atoms with Crippen molar-refractivity contribution in [3.8, 4) is 17.6 Å². The van der Waals surface area contributed by atoms with Crippen LogP contribution in [0.5, 0.6) is 5.75 Å². The molecule has 0 saturated carbocycles. The van der Waals surface area contributed by atoms with Crippen molar-refractivity contribution in [3.05, 3.63) is 59.7 Å². The highest BCUT2D eigenvalue weighted by atomic mass is 19.1. The van der Waals surface area contributed by atoms with Gasteiger partial charge in [0.25, 0.3) is 0 Å². The Morgan fingerprint density at radius 1 is 1.21 bits per heavy atom. The number of aliphatic hydroxyl groups excluding tert-OH is 1. The fourth-order valence-electron chi connectivity index (χ4n) is 1.51. The van der Waals surface area contributed by atoms with Crippen molar-refractivity contribution >= 4 is 0 Å². The van der Waals surface area contributed by atoms with Crippen LogP contribution in [-0.4, -0.2) is 16.7 Å². The molecule has 0 atom stereocenters. The predicted molar refractivity (Wildman–Crippen MR) is 68.9 cm³/mol. The van der Waals surface area contributed by atoms with Gasteiger partial charge >= 0.3 is 0 Å². The molecule has 1 heterocycles. The van der Waals surface area contributed by atoms with E-state index in [2.05, 4.69) is 16.8 Å². The fraction of sp³-hybridized carbons (Fsp3) is 0.133. The lowest BCUT2D eigenvalue weighted by Crippen LogP contribution is -1.96. The molecule has 3 nitrogen and oxygen atoms in total. The first-order valence-electron chi connectivity index (χ1n) is 5.70. The largest absolute Gasteiger partial charge is 0.489 e. The van der Waals surface area contributed by atoms with E-state index >= 15 is 0 Å². The summed E-state index contributed by atoms with van der Waals surface area (Å²) in [6.45, 7) is 0.0720. The fourth-order valence-corrected chi connectivity index (χ4v) is 1.51. The van der Waals surface area contributed by atoms with Crippen LogP contribution >= 0.6 is 0 Å². The Hall–Kier alpha value is -2.38. The van der Waals surface area contributed by atoms with Crippen LogP contribution in [0.25, 0.3) is 0 Å². The van der Waals surface area contributed by atoms with Gasteiger partial charge in [-0.3, -0.25) is 4.98 Å². The van der Waals surface area contributed by atoms with Gasteiger partial charge < -0.3 is 9.84 Å². The minimum Gasteiger partial charge on any atom is -0.489 e. The Labute approximate surface area is 110 Å². The zero-order valence-electron chi connectivity index (χ0n) is 10.1. The molecule has 1 aromatic carbocycles. The highest BCUT2D eigenvalue weighted by Gasteiger charge is 2.01. The average Bonchev–Trinajstić information content (AvgIpc) is 2.43. The van der Waals surface area contributed by atoms with Crippen molar-refractivity contribution in [3.63, 3.8) is 0 Å². The smallest absolute Gasteiger partial charge is 0.128 e. The molecule has 4 heteroatoms. The van der Waals surface area contributed by atoms with E-state index in [-0.39, 0.29) is 6.61 Å².